The van der Waals surface area contributed by atoms with Crippen molar-refractivity contribution in [2.75, 3.05) is 0 Å². The minimum absolute atomic E-state index is 0.696. The molecule has 0 bridgehead atoms. The van der Waals surface area contributed by atoms with Crippen molar-refractivity contribution in [2.45, 2.75) is 10.4 Å². The summed E-state index contributed by atoms with van der Waals surface area (Å²) in [5.74, 6) is -5.41. The van der Waals surface area contributed by atoms with Gasteiger partial charge in [0.05, 0.1) is 11.1 Å². The van der Waals surface area contributed by atoms with E-state index in [2.05, 4.69) is 8.47 Å². The summed E-state index contributed by atoms with van der Waals surface area (Å²) in [4.78, 5) is 23.5. The highest BCUT2D eigenvalue weighted by molar-refractivity contribution is 7.87. The van der Waals surface area contributed by atoms with Crippen molar-refractivity contribution in [1.82, 2.24) is 5.06 Å². The predicted octanol–water partition coefficient (Wildman–Crippen LogP) is 1.97. The van der Waals surface area contributed by atoms with Gasteiger partial charge in [0.25, 0.3) is 11.8 Å². The number of alkyl halides is 3. The number of halogens is 4. The number of hydrogen-bond acceptors (Lipinski definition) is 8. The van der Waals surface area contributed by atoms with Gasteiger partial charge in [0, 0.05) is 0 Å². The number of fused-ring (bicyclic) bond motifs is 1. The molecule has 1 heterocycles. The van der Waals surface area contributed by atoms with Gasteiger partial charge in [0.1, 0.15) is 10.7 Å². The Bertz CT molecular complexity index is 1270. The van der Waals surface area contributed by atoms with Gasteiger partial charge in [0.15, 0.2) is 5.75 Å². The van der Waals surface area contributed by atoms with Crippen LogP contribution in [0.4, 0.5) is 17.6 Å². The average Bonchev–Trinajstić information content (AvgIpc) is 2.86. The van der Waals surface area contributed by atoms with Crippen LogP contribution >= 0.6 is 0 Å². The van der Waals surface area contributed by atoms with Crippen LogP contribution in [0, 0.1) is 5.82 Å². The Morgan fingerprint density at radius 1 is 0.867 bits per heavy atom. The van der Waals surface area contributed by atoms with E-state index < -0.39 is 70.2 Å². The molecule has 160 valence electrons. The van der Waals surface area contributed by atoms with Crippen LogP contribution in [-0.2, 0) is 24.5 Å². The quantitative estimate of drug-likeness (QED) is 0.282. The first-order valence-corrected chi connectivity index (χ1v) is 10.3. The fourth-order valence-corrected chi connectivity index (χ4v) is 3.75. The molecule has 0 N–H and O–H groups in total. The highest BCUT2D eigenvalue weighted by Crippen LogP contribution is 2.35. The van der Waals surface area contributed by atoms with Gasteiger partial charge in [-0.2, -0.15) is 30.0 Å². The summed E-state index contributed by atoms with van der Waals surface area (Å²) >= 11 is 0. The summed E-state index contributed by atoms with van der Waals surface area (Å²) in [6.45, 7) is 0. The van der Waals surface area contributed by atoms with E-state index in [1.807, 2.05) is 0 Å². The Hall–Kier alpha value is -3.04. The second-order valence-electron chi connectivity index (χ2n) is 5.53. The number of benzene rings is 2. The molecule has 0 fully saturated rings. The monoisotopic (exact) mass is 469 g/mol. The highest BCUT2D eigenvalue weighted by Gasteiger charge is 2.52. The van der Waals surface area contributed by atoms with Crippen LogP contribution in [0.2, 0.25) is 0 Å². The van der Waals surface area contributed by atoms with Gasteiger partial charge in [-0.05, 0) is 24.3 Å². The number of carbonyl (C=O) groups is 2. The fourth-order valence-electron chi connectivity index (χ4n) is 2.32. The lowest BCUT2D eigenvalue weighted by Crippen LogP contribution is -2.38. The molecule has 0 spiro atoms. The smallest absolute Gasteiger partial charge is 0.378 e. The third-order valence-corrected chi connectivity index (χ3v) is 5.78. The zero-order chi connectivity index (χ0) is 22.5. The molecule has 0 atom stereocenters. The molecular formula is C15H7F4NO8S2. The Morgan fingerprint density at radius 2 is 1.50 bits per heavy atom. The van der Waals surface area contributed by atoms with Crippen LogP contribution in [0.25, 0.3) is 0 Å². The number of hydroxylamine groups is 2. The summed E-state index contributed by atoms with van der Waals surface area (Å²) in [5.41, 5.74) is -7.53. The third-order valence-electron chi connectivity index (χ3n) is 3.60. The van der Waals surface area contributed by atoms with Crippen molar-refractivity contribution in [2.24, 2.45) is 0 Å². The molecule has 0 aromatic heterocycles. The van der Waals surface area contributed by atoms with Gasteiger partial charge < -0.3 is 4.18 Å². The van der Waals surface area contributed by atoms with Gasteiger partial charge in [-0.25, -0.2) is 4.39 Å². The van der Waals surface area contributed by atoms with Crippen LogP contribution < -0.4 is 4.18 Å². The molecule has 9 nitrogen and oxygen atoms in total. The first kappa shape index (κ1) is 21.7. The zero-order valence-electron chi connectivity index (χ0n) is 14.1. The van der Waals surface area contributed by atoms with Crippen molar-refractivity contribution in [1.29, 1.82) is 0 Å². The number of amides is 2. The van der Waals surface area contributed by atoms with Crippen molar-refractivity contribution in [3.8, 4) is 5.75 Å². The van der Waals surface area contributed by atoms with Gasteiger partial charge >= 0.3 is 25.7 Å². The first-order valence-electron chi connectivity index (χ1n) is 7.48. The van der Waals surface area contributed by atoms with Crippen LogP contribution in [0.3, 0.4) is 0 Å². The lowest BCUT2D eigenvalue weighted by atomic mass is 10.1. The van der Waals surface area contributed by atoms with Crippen LogP contribution in [0.1, 0.15) is 20.7 Å². The van der Waals surface area contributed by atoms with E-state index in [9.17, 15) is 44.0 Å². The average molecular weight is 469 g/mol. The summed E-state index contributed by atoms with van der Waals surface area (Å²) in [7, 11) is -11.3. The molecule has 0 saturated carbocycles. The second kappa shape index (κ2) is 7.03. The number of hydrogen-bond donors (Lipinski definition) is 0. The Balaban J connectivity index is 2.01. The molecule has 2 amide bonds. The van der Waals surface area contributed by atoms with E-state index in [0.29, 0.717) is 0 Å². The Labute approximate surface area is 165 Å². The largest absolute Gasteiger partial charge is 0.525 e. The molecule has 0 saturated heterocycles. The summed E-state index contributed by atoms with van der Waals surface area (Å²) in [6, 6.07) is 6.74. The molecule has 1 aliphatic rings. The van der Waals surface area contributed by atoms with Crippen molar-refractivity contribution in [3.63, 3.8) is 0 Å². The maximum Gasteiger partial charge on any atom is 0.525 e. The van der Waals surface area contributed by atoms with E-state index >= 15 is 0 Å². The molecular weight excluding hydrogens is 462 g/mol. The van der Waals surface area contributed by atoms with E-state index in [0.717, 1.165) is 30.3 Å². The normalized spacial score (nSPS) is 14.7. The molecule has 3 rings (SSSR count). The van der Waals surface area contributed by atoms with Gasteiger partial charge in [0.2, 0.25) is 0 Å². The molecule has 15 heteroatoms. The third kappa shape index (κ3) is 3.61. The van der Waals surface area contributed by atoms with Gasteiger partial charge in [-0.3, -0.25) is 9.59 Å². The number of imide groups is 1. The molecule has 0 aliphatic carbocycles. The standard InChI is InChI=1S/C15H7F4NO8S2/c16-9-5-1-2-7-11(9)29(23,24)27-10-6-3-4-8-12(10)14(22)20(13(8)21)28-30(25,26)15(17,18)19/h1-7H. The van der Waals surface area contributed by atoms with Crippen molar-refractivity contribution in [3.05, 3.63) is 59.4 Å². The van der Waals surface area contributed by atoms with Crippen LogP contribution in [-0.4, -0.2) is 39.2 Å². The van der Waals surface area contributed by atoms with Crippen molar-refractivity contribution >= 4 is 32.1 Å². The summed E-state index contributed by atoms with van der Waals surface area (Å²) in [5, 5.41) is -0.698. The zero-order valence-corrected chi connectivity index (χ0v) is 15.7. The molecule has 2 aromatic carbocycles. The number of nitrogens with zero attached hydrogens (tertiary/aromatic N) is 1. The molecule has 1 aliphatic heterocycles. The number of carbonyl (C=O) groups excluding carboxylic acids is 2. The SMILES string of the molecule is O=C1c2cccc(OS(=O)(=O)c3ccccc3F)c2C(=O)N1OS(=O)(=O)C(F)(F)F. The van der Waals surface area contributed by atoms with E-state index in [4.69, 9.17) is 0 Å². The van der Waals surface area contributed by atoms with Gasteiger partial charge in [-0.1, -0.05) is 18.2 Å². The van der Waals surface area contributed by atoms with E-state index in [1.165, 1.54) is 12.1 Å². The molecule has 0 radical (unpaired) electrons. The first-order chi connectivity index (χ1) is 13.8. The van der Waals surface area contributed by atoms with Crippen LogP contribution in [0.15, 0.2) is 47.4 Å². The maximum absolute atomic E-state index is 13.8. The maximum atomic E-state index is 13.8. The second-order valence-corrected chi connectivity index (χ2v) is 8.56. The molecule has 2 aromatic rings. The minimum atomic E-state index is -6.39. The summed E-state index contributed by atoms with van der Waals surface area (Å²) < 4.78 is 106. The fraction of sp³-hybridized carbons (Fsp3) is 0.0667. The predicted molar refractivity (Wildman–Crippen MR) is 87.2 cm³/mol. The topological polar surface area (TPSA) is 124 Å². The lowest BCUT2D eigenvalue weighted by Gasteiger charge is -2.14. The minimum Gasteiger partial charge on any atom is -0.378 e. The van der Waals surface area contributed by atoms with E-state index in [-0.39, 0.29) is 0 Å². The lowest BCUT2D eigenvalue weighted by molar-refractivity contribution is -0.0748. The molecule has 0 unspecified atom stereocenters. The van der Waals surface area contributed by atoms with Crippen LogP contribution in [0.5, 0.6) is 5.75 Å². The number of rotatable bonds is 5. The van der Waals surface area contributed by atoms with E-state index in [1.54, 1.807) is 0 Å². The summed E-state index contributed by atoms with van der Waals surface area (Å²) in [6.07, 6.45) is 0. The Morgan fingerprint density at radius 3 is 2.10 bits per heavy atom. The van der Waals surface area contributed by atoms with Crippen molar-refractivity contribution < 1.29 is 52.5 Å². The Kier molecular flexibility index (Phi) is 5.08. The molecule has 30 heavy (non-hydrogen) atoms. The highest BCUT2D eigenvalue weighted by atomic mass is 32.2. The van der Waals surface area contributed by atoms with Gasteiger partial charge in [-0.15, -0.1) is 9.35 Å².